The molecule has 0 saturated carbocycles. The molecule has 194 valence electrons. The Morgan fingerprint density at radius 3 is 2.29 bits per heavy atom. The summed E-state index contributed by atoms with van der Waals surface area (Å²) in [7, 11) is 0. The summed E-state index contributed by atoms with van der Waals surface area (Å²) in [5.74, 6) is -0.200. The van der Waals surface area contributed by atoms with Gasteiger partial charge in [0.2, 0.25) is 0 Å². The smallest absolute Gasteiger partial charge is 0.444 e. The molecule has 0 N–H and O–H groups in total. The first kappa shape index (κ1) is 28.2. The third kappa shape index (κ3) is 10.5. The molecule has 34 heavy (non-hydrogen) atoms. The highest BCUT2D eigenvalue weighted by atomic mass is 19.4. The van der Waals surface area contributed by atoms with Gasteiger partial charge in [-0.2, -0.15) is 0 Å². The minimum Gasteiger partial charge on any atom is -0.444 e. The highest BCUT2D eigenvalue weighted by Gasteiger charge is 2.31. The fraction of sp³-hybridized carbons (Fsp3) is 0.720. The van der Waals surface area contributed by atoms with Crippen LogP contribution < -0.4 is 4.74 Å². The molecular weight excluding hydrogens is 447 g/mol. The SMILES string of the molecule is CCCCN(CCCN1CCN(Cc2ccc(OC(F)(F)F)cc2)[C@@H](C)C1)C(=O)OC(C)(C)C. The topological polar surface area (TPSA) is 45.2 Å². The van der Waals surface area contributed by atoms with Crippen molar-refractivity contribution in [2.24, 2.45) is 0 Å². The van der Waals surface area contributed by atoms with E-state index in [2.05, 4.69) is 28.4 Å². The van der Waals surface area contributed by atoms with Crippen LogP contribution in [0.5, 0.6) is 5.75 Å². The lowest BCUT2D eigenvalue weighted by molar-refractivity contribution is -0.274. The fourth-order valence-electron chi connectivity index (χ4n) is 3.99. The summed E-state index contributed by atoms with van der Waals surface area (Å²) in [6.45, 7) is 15.6. The number of hydrogen-bond acceptors (Lipinski definition) is 5. The number of alkyl halides is 3. The van der Waals surface area contributed by atoms with Crippen molar-refractivity contribution in [2.45, 2.75) is 78.4 Å². The second-order valence-corrected chi connectivity index (χ2v) is 9.99. The molecule has 0 unspecified atom stereocenters. The van der Waals surface area contributed by atoms with Crippen LogP contribution in [0, 0.1) is 0 Å². The van der Waals surface area contributed by atoms with Gasteiger partial charge in [0.15, 0.2) is 0 Å². The van der Waals surface area contributed by atoms with Crippen LogP contribution in [0.4, 0.5) is 18.0 Å². The number of rotatable bonds is 10. The van der Waals surface area contributed by atoms with Crippen LogP contribution in [0.3, 0.4) is 0 Å². The van der Waals surface area contributed by atoms with Gasteiger partial charge in [0.05, 0.1) is 0 Å². The van der Waals surface area contributed by atoms with E-state index in [1.165, 1.54) is 12.1 Å². The number of carbonyl (C=O) groups is 1. The largest absolute Gasteiger partial charge is 0.573 e. The van der Waals surface area contributed by atoms with Crippen molar-refractivity contribution in [1.29, 1.82) is 0 Å². The zero-order valence-corrected chi connectivity index (χ0v) is 21.2. The van der Waals surface area contributed by atoms with Gasteiger partial charge in [-0.1, -0.05) is 25.5 Å². The van der Waals surface area contributed by atoms with E-state index in [1.807, 2.05) is 25.7 Å². The number of hydrogen-bond donors (Lipinski definition) is 0. The molecule has 0 radical (unpaired) electrons. The summed E-state index contributed by atoms with van der Waals surface area (Å²) in [5.41, 5.74) is 0.456. The van der Waals surface area contributed by atoms with Gasteiger partial charge in [-0.15, -0.1) is 13.2 Å². The maximum atomic E-state index is 12.5. The van der Waals surface area contributed by atoms with E-state index in [1.54, 1.807) is 12.1 Å². The van der Waals surface area contributed by atoms with Crippen LogP contribution in [-0.4, -0.2) is 78.1 Å². The maximum Gasteiger partial charge on any atom is 0.573 e. The third-order valence-electron chi connectivity index (χ3n) is 5.73. The van der Waals surface area contributed by atoms with Gasteiger partial charge >= 0.3 is 12.5 Å². The Morgan fingerprint density at radius 1 is 1.09 bits per heavy atom. The highest BCUT2D eigenvalue weighted by Crippen LogP contribution is 2.23. The summed E-state index contributed by atoms with van der Waals surface area (Å²) in [6.07, 6.45) is -2.05. The fourth-order valence-corrected chi connectivity index (χ4v) is 3.99. The molecule has 1 heterocycles. The van der Waals surface area contributed by atoms with Gasteiger partial charge in [0.25, 0.3) is 0 Å². The van der Waals surface area contributed by atoms with Crippen molar-refractivity contribution in [1.82, 2.24) is 14.7 Å². The molecule has 0 aromatic heterocycles. The van der Waals surface area contributed by atoms with Crippen molar-refractivity contribution in [3.63, 3.8) is 0 Å². The molecule has 0 bridgehead atoms. The van der Waals surface area contributed by atoms with E-state index in [9.17, 15) is 18.0 Å². The summed E-state index contributed by atoms with van der Waals surface area (Å²) in [4.78, 5) is 19.1. The van der Waals surface area contributed by atoms with E-state index in [-0.39, 0.29) is 11.8 Å². The number of piperazine rings is 1. The molecule has 0 aliphatic carbocycles. The van der Waals surface area contributed by atoms with Crippen molar-refractivity contribution in [2.75, 3.05) is 39.3 Å². The second-order valence-electron chi connectivity index (χ2n) is 9.99. The number of unbranched alkanes of at least 4 members (excludes halogenated alkanes) is 1. The minimum atomic E-state index is -4.67. The van der Waals surface area contributed by atoms with Gasteiger partial charge in [-0.05, 0) is 64.8 Å². The lowest BCUT2D eigenvalue weighted by atomic mass is 10.1. The molecule has 1 saturated heterocycles. The van der Waals surface area contributed by atoms with Gasteiger partial charge in [0.1, 0.15) is 11.4 Å². The molecule has 1 atom stereocenters. The van der Waals surface area contributed by atoms with Crippen molar-refractivity contribution in [3.05, 3.63) is 29.8 Å². The van der Waals surface area contributed by atoms with Gasteiger partial charge in [0, 0.05) is 45.3 Å². The first-order chi connectivity index (χ1) is 15.9. The van der Waals surface area contributed by atoms with E-state index >= 15 is 0 Å². The van der Waals surface area contributed by atoms with Crippen molar-refractivity contribution < 1.29 is 27.4 Å². The second kappa shape index (κ2) is 12.6. The van der Waals surface area contributed by atoms with Crippen LogP contribution in [-0.2, 0) is 11.3 Å². The molecule has 6 nitrogen and oxygen atoms in total. The quantitative estimate of drug-likeness (QED) is 0.435. The molecule has 1 amide bonds. The Kier molecular flexibility index (Phi) is 10.5. The van der Waals surface area contributed by atoms with Crippen LogP contribution in [0.2, 0.25) is 0 Å². The normalized spacial score (nSPS) is 18.1. The summed E-state index contributed by atoms with van der Waals surface area (Å²) in [5, 5.41) is 0. The monoisotopic (exact) mass is 487 g/mol. The zero-order valence-electron chi connectivity index (χ0n) is 21.2. The number of carbonyl (C=O) groups excluding carboxylic acids is 1. The van der Waals surface area contributed by atoms with Crippen LogP contribution in [0.15, 0.2) is 24.3 Å². The first-order valence-corrected chi connectivity index (χ1v) is 12.2. The number of nitrogens with zero attached hydrogens (tertiary/aromatic N) is 3. The van der Waals surface area contributed by atoms with E-state index in [4.69, 9.17) is 4.74 Å². The molecule has 0 spiro atoms. The molecule has 1 aliphatic rings. The number of amides is 1. The standard InChI is InChI=1S/C25H40F3N3O3/c1-6-7-14-30(23(32)34-24(3,4)5)15-8-13-29-16-17-31(20(2)18-29)19-21-9-11-22(12-10-21)33-25(26,27)28/h9-12,20H,6-8,13-19H2,1-5H3/t20-/m0/s1. The summed E-state index contributed by atoms with van der Waals surface area (Å²) >= 11 is 0. The van der Waals surface area contributed by atoms with Crippen LogP contribution in [0.25, 0.3) is 0 Å². The molecule has 1 aliphatic heterocycles. The molecule has 1 aromatic carbocycles. The van der Waals surface area contributed by atoms with Gasteiger partial charge < -0.3 is 19.3 Å². The predicted molar refractivity (Wildman–Crippen MR) is 127 cm³/mol. The lowest BCUT2D eigenvalue weighted by Gasteiger charge is -2.40. The summed E-state index contributed by atoms with van der Waals surface area (Å²) < 4.78 is 46.5. The number of benzene rings is 1. The zero-order chi connectivity index (χ0) is 25.4. The lowest BCUT2D eigenvalue weighted by Crippen LogP contribution is -2.51. The molecule has 2 rings (SSSR count). The Balaban J connectivity index is 1.78. The minimum absolute atomic E-state index is 0.200. The molecular formula is C25H40F3N3O3. The predicted octanol–water partition coefficient (Wildman–Crippen LogP) is 5.52. The van der Waals surface area contributed by atoms with E-state index < -0.39 is 12.0 Å². The molecule has 9 heteroatoms. The Hall–Kier alpha value is -2.00. The van der Waals surface area contributed by atoms with E-state index in [0.717, 1.165) is 51.0 Å². The van der Waals surface area contributed by atoms with Gasteiger partial charge in [-0.25, -0.2) is 4.79 Å². The van der Waals surface area contributed by atoms with E-state index in [0.29, 0.717) is 25.7 Å². The number of halogens is 3. The average molecular weight is 488 g/mol. The number of ether oxygens (including phenoxy) is 2. The maximum absolute atomic E-state index is 12.5. The van der Waals surface area contributed by atoms with Gasteiger partial charge in [-0.3, -0.25) is 4.90 Å². The third-order valence-corrected chi connectivity index (χ3v) is 5.73. The highest BCUT2D eigenvalue weighted by molar-refractivity contribution is 5.68. The molecule has 1 aromatic rings. The molecule has 1 fully saturated rings. The van der Waals surface area contributed by atoms with Crippen LogP contribution in [0.1, 0.15) is 59.4 Å². The Morgan fingerprint density at radius 2 is 1.74 bits per heavy atom. The summed E-state index contributed by atoms with van der Waals surface area (Å²) in [6, 6.07) is 6.41. The average Bonchev–Trinajstić information content (AvgIpc) is 2.71. The van der Waals surface area contributed by atoms with Crippen molar-refractivity contribution in [3.8, 4) is 5.75 Å². The van der Waals surface area contributed by atoms with Crippen LogP contribution >= 0.6 is 0 Å². The van der Waals surface area contributed by atoms with Crippen molar-refractivity contribution >= 4 is 6.09 Å². The Bertz CT molecular complexity index is 751. The Labute approximate surface area is 202 Å². The first-order valence-electron chi connectivity index (χ1n) is 12.2.